The fraction of sp³-hybridized carbons (Fsp3) is 0.944. The maximum absolute atomic E-state index is 12.5. The van der Waals surface area contributed by atoms with Crippen molar-refractivity contribution in [1.29, 1.82) is 0 Å². The van der Waals surface area contributed by atoms with E-state index in [2.05, 4.69) is 69.2 Å². The third kappa shape index (κ3) is 4.58. The summed E-state index contributed by atoms with van der Waals surface area (Å²) in [4.78, 5) is 12.5. The molecule has 0 aromatic carbocycles. The smallest absolute Gasteiger partial charge is 0.292 e. The average Bonchev–Trinajstić information content (AvgIpc) is 2.20. The predicted molar refractivity (Wildman–Crippen MR) is 95.1 cm³/mol. The van der Waals surface area contributed by atoms with E-state index in [1.807, 2.05) is 0 Å². The molecule has 0 aliphatic heterocycles. The van der Waals surface area contributed by atoms with Crippen LogP contribution in [0.1, 0.15) is 94.9 Å². The Morgan fingerprint density at radius 3 is 1.48 bits per heavy atom. The maximum atomic E-state index is 12.5. The van der Waals surface area contributed by atoms with Gasteiger partial charge in [-0.3, -0.25) is 4.79 Å². The Morgan fingerprint density at radius 1 is 0.810 bits per heavy atom. The zero-order valence-corrected chi connectivity index (χ0v) is 17.1. The van der Waals surface area contributed by atoms with Crippen LogP contribution in [-0.4, -0.2) is 14.3 Å². The zero-order chi connectivity index (χ0) is 17.1. The first kappa shape index (κ1) is 20.7. The van der Waals surface area contributed by atoms with Crippen LogP contribution in [0.4, 0.5) is 0 Å². The summed E-state index contributed by atoms with van der Waals surface area (Å²) in [5.74, 6) is 0.00916. The Kier molecular flexibility index (Phi) is 6.74. The molecule has 0 bridgehead atoms. The second-order valence-corrected chi connectivity index (χ2v) is 15.4. The molecule has 2 nitrogen and oxygen atoms in total. The van der Waals surface area contributed by atoms with Gasteiger partial charge in [0.1, 0.15) is 0 Å². The van der Waals surface area contributed by atoms with Crippen LogP contribution in [0, 0.1) is 0 Å². The molecule has 0 spiro atoms. The lowest BCUT2D eigenvalue weighted by atomic mass is 10.2. The molecule has 0 aliphatic carbocycles. The van der Waals surface area contributed by atoms with Gasteiger partial charge in [-0.1, -0.05) is 82.1 Å². The van der Waals surface area contributed by atoms with Crippen LogP contribution < -0.4 is 0 Å². The molecular weight excluding hydrogens is 276 g/mol. The highest BCUT2D eigenvalue weighted by atomic mass is 28.4. The van der Waals surface area contributed by atoms with E-state index in [-0.39, 0.29) is 21.1 Å². The van der Waals surface area contributed by atoms with E-state index in [0.717, 1.165) is 19.3 Å². The Balaban J connectivity index is 5.58. The van der Waals surface area contributed by atoms with Gasteiger partial charge < -0.3 is 4.43 Å². The summed E-state index contributed by atoms with van der Waals surface area (Å²) in [5, 5.41) is 0.0117. The number of carbonyl (C=O) groups is 1. The van der Waals surface area contributed by atoms with E-state index in [9.17, 15) is 4.79 Å². The number of unbranched alkanes of at least 4 members (excludes halogenated alkanes) is 2. The van der Waals surface area contributed by atoms with Gasteiger partial charge in [-0.05, 0) is 21.5 Å². The first-order valence-corrected chi connectivity index (χ1v) is 10.3. The summed E-state index contributed by atoms with van der Waals surface area (Å²) in [5.41, 5.74) is 0. The highest BCUT2D eigenvalue weighted by Crippen LogP contribution is 2.62. The van der Waals surface area contributed by atoms with Gasteiger partial charge in [-0.15, -0.1) is 0 Å². The second-order valence-electron chi connectivity index (χ2n) is 9.36. The summed E-state index contributed by atoms with van der Waals surface area (Å²) in [7, 11) is -2.37. The van der Waals surface area contributed by atoms with Gasteiger partial charge in [0, 0.05) is 6.42 Å². The van der Waals surface area contributed by atoms with E-state index in [1.165, 1.54) is 0 Å². The van der Waals surface area contributed by atoms with Crippen LogP contribution in [0.25, 0.3) is 0 Å². The van der Waals surface area contributed by atoms with Crippen molar-refractivity contribution in [3.8, 4) is 0 Å². The minimum absolute atomic E-state index is 0.00389. The van der Waals surface area contributed by atoms with Gasteiger partial charge >= 0.3 is 0 Å². The van der Waals surface area contributed by atoms with Crippen molar-refractivity contribution in [3.05, 3.63) is 0 Å². The maximum Gasteiger partial charge on any atom is 0.292 e. The lowest BCUT2D eigenvalue weighted by molar-refractivity contribution is -0.136. The highest BCUT2D eigenvalue weighted by molar-refractivity contribution is 6.83. The van der Waals surface area contributed by atoms with Crippen LogP contribution in [0.3, 0.4) is 0 Å². The van der Waals surface area contributed by atoms with Crippen LogP contribution >= 0.6 is 0 Å². The van der Waals surface area contributed by atoms with Gasteiger partial charge in [0.05, 0.1) is 0 Å². The Bertz CT molecular complexity index is 304. The molecule has 0 atom stereocenters. The molecule has 126 valence electrons. The monoisotopic (exact) mass is 314 g/mol. The van der Waals surface area contributed by atoms with Gasteiger partial charge in [-0.25, -0.2) is 0 Å². The summed E-state index contributed by atoms with van der Waals surface area (Å²) in [6.07, 6.45) is 3.74. The van der Waals surface area contributed by atoms with Crippen molar-refractivity contribution in [3.63, 3.8) is 0 Å². The Hall–Kier alpha value is -0.313. The number of carbonyl (C=O) groups excluding carboxylic acids is 1. The molecule has 0 aromatic rings. The standard InChI is InChI=1S/C18H38O2Si/c1-11-12-13-14-15(19)20-21(16(2,3)4,17(5,6)7)18(8,9)10/h11-14H2,1-10H3. The molecule has 0 fully saturated rings. The fourth-order valence-corrected chi connectivity index (χ4v) is 12.7. The van der Waals surface area contributed by atoms with E-state index >= 15 is 0 Å². The largest absolute Gasteiger partial charge is 0.517 e. The van der Waals surface area contributed by atoms with Crippen LogP contribution in [0.5, 0.6) is 0 Å². The molecule has 0 amide bonds. The molecule has 0 heterocycles. The predicted octanol–water partition coefficient (Wildman–Crippen LogP) is 6.46. The summed E-state index contributed by atoms with van der Waals surface area (Å²) in [6.45, 7) is 22.4. The van der Waals surface area contributed by atoms with E-state index < -0.39 is 8.32 Å². The minimum Gasteiger partial charge on any atom is -0.517 e. The number of hydrogen-bond acceptors (Lipinski definition) is 2. The first-order valence-electron chi connectivity index (χ1n) is 8.42. The van der Waals surface area contributed by atoms with Crippen molar-refractivity contribution >= 4 is 14.3 Å². The zero-order valence-electron chi connectivity index (χ0n) is 16.1. The van der Waals surface area contributed by atoms with Gasteiger partial charge in [-0.2, -0.15) is 0 Å². The molecule has 0 saturated carbocycles. The molecule has 0 N–H and O–H groups in total. The first-order chi connectivity index (χ1) is 9.20. The quantitative estimate of drug-likeness (QED) is 0.430. The molecule has 0 aromatic heterocycles. The fourth-order valence-electron chi connectivity index (χ4n) is 4.58. The number of rotatable bonds is 5. The molecule has 3 heteroatoms. The minimum atomic E-state index is -2.37. The lowest BCUT2D eigenvalue weighted by Gasteiger charge is -2.56. The summed E-state index contributed by atoms with van der Waals surface area (Å²) < 4.78 is 6.38. The Labute approximate surface area is 134 Å². The molecule has 21 heavy (non-hydrogen) atoms. The SMILES string of the molecule is CCCCCC(=O)O[Si](C(C)(C)C)(C(C)(C)C)C(C)(C)C. The molecule has 0 saturated heterocycles. The van der Waals surface area contributed by atoms with Crippen LogP contribution in [-0.2, 0) is 9.22 Å². The topological polar surface area (TPSA) is 26.3 Å². The molecule has 0 unspecified atom stereocenters. The van der Waals surface area contributed by atoms with Crippen molar-refractivity contribution in [2.45, 2.75) is 110 Å². The van der Waals surface area contributed by atoms with Crippen molar-refractivity contribution in [2.24, 2.45) is 0 Å². The molecule has 0 aliphatic rings. The average molecular weight is 315 g/mol. The van der Waals surface area contributed by atoms with E-state index in [1.54, 1.807) is 0 Å². The number of hydrogen-bond donors (Lipinski definition) is 0. The lowest BCUT2D eigenvalue weighted by Crippen LogP contribution is -2.61. The van der Waals surface area contributed by atoms with Gasteiger partial charge in [0.25, 0.3) is 14.3 Å². The van der Waals surface area contributed by atoms with Crippen molar-refractivity contribution in [2.75, 3.05) is 0 Å². The second kappa shape index (κ2) is 6.85. The third-order valence-electron chi connectivity index (χ3n) is 4.42. The van der Waals surface area contributed by atoms with Crippen LogP contribution in [0.2, 0.25) is 15.1 Å². The van der Waals surface area contributed by atoms with Crippen LogP contribution in [0.15, 0.2) is 0 Å². The van der Waals surface area contributed by atoms with Crippen molar-refractivity contribution in [1.82, 2.24) is 0 Å². The molecule has 0 radical (unpaired) electrons. The highest BCUT2D eigenvalue weighted by Gasteiger charge is 2.64. The normalized spacial score (nSPS) is 14.2. The van der Waals surface area contributed by atoms with Gasteiger partial charge in [0.2, 0.25) is 0 Å². The summed E-state index contributed by atoms with van der Waals surface area (Å²) in [6, 6.07) is 0. The van der Waals surface area contributed by atoms with Gasteiger partial charge in [0.15, 0.2) is 0 Å². The molecule has 0 rings (SSSR count). The van der Waals surface area contributed by atoms with Crippen molar-refractivity contribution < 1.29 is 9.22 Å². The van der Waals surface area contributed by atoms with E-state index in [4.69, 9.17) is 4.43 Å². The summed E-state index contributed by atoms with van der Waals surface area (Å²) >= 11 is 0. The molecular formula is C18H38O2Si. The Morgan fingerprint density at radius 2 is 1.19 bits per heavy atom. The third-order valence-corrected chi connectivity index (χ3v) is 11.3. The van der Waals surface area contributed by atoms with E-state index in [0.29, 0.717) is 6.42 Å².